The summed E-state index contributed by atoms with van der Waals surface area (Å²) < 4.78 is 0.650. The molecule has 0 unspecified atom stereocenters. The average molecular weight is 443 g/mol. The maximum atomic E-state index is 12.3. The number of benzene rings is 2. The first-order valence-corrected chi connectivity index (χ1v) is 8.76. The molecule has 0 aliphatic heterocycles. The fourth-order valence-electron chi connectivity index (χ4n) is 2.26. The van der Waals surface area contributed by atoms with E-state index in [9.17, 15) is 9.59 Å². The molecule has 1 heterocycles. The number of hydrogen-bond donors (Lipinski definition) is 5. The number of aromatic carboxylic acids is 1. The Morgan fingerprint density at radius 2 is 1.68 bits per heavy atom. The van der Waals surface area contributed by atoms with Crippen LogP contribution in [0.15, 0.2) is 59.3 Å². The Balaban J connectivity index is 1.71. The zero-order valence-electron chi connectivity index (χ0n) is 14.3. The summed E-state index contributed by atoms with van der Waals surface area (Å²) in [6, 6.07) is 13.1. The van der Waals surface area contributed by atoms with Crippen LogP contribution < -0.4 is 21.9 Å². The Morgan fingerprint density at radius 1 is 1.00 bits per heavy atom. The molecule has 1 aromatic heterocycles. The Hall–Kier alpha value is -3.66. The number of nitrogens with two attached hydrogens (primary N) is 1. The number of carbonyl (C=O) groups is 2. The molecule has 0 fully saturated rings. The highest BCUT2D eigenvalue weighted by atomic mass is 79.9. The monoisotopic (exact) mass is 442 g/mol. The standard InChI is InChI=1S/C18H15BrN6O3/c19-13-4-2-1-3-12(13)17(26)25-24-16-14(20)15(21-9-22-16)23-11-7-5-10(6-8-11)18(27)28/h1-9H,20H2,(H,25,26)(H,27,28)(H2,21,22,23,24). The number of hydrogen-bond acceptors (Lipinski definition) is 7. The van der Waals surface area contributed by atoms with Gasteiger partial charge in [-0.3, -0.25) is 15.6 Å². The van der Waals surface area contributed by atoms with E-state index in [1.54, 1.807) is 36.4 Å². The van der Waals surface area contributed by atoms with Gasteiger partial charge in [0.15, 0.2) is 11.6 Å². The van der Waals surface area contributed by atoms with Crippen LogP contribution in [0.25, 0.3) is 0 Å². The molecule has 0 radical (unpaired) electrons. The molecule has 9 nitrogen and oxygen atoms in total. The van der Waals surface area contributed by atoms with Crippen LogP contribution in [0, 0.1) is 0 Å². The highest BCUT2D eigenvalue weighted by molar-refractivity contribution is 9.10. The van der Waals surface area contributed by atoms with Crippen molar-refractivity contribution in [1.29, 1.82) is 0 Å². The third kappa shape index (κ3) is 4.35. The molecule has 0 atom stereocenters. The zero-order chi connectivity index (χ0) is 20.1. The number of nitrogens with zero attached hydrogens (tertiary/aromatic N) is 2. The van der Waals surface area contributed by atoms with Gasteiger partial charge in [0, 0.05) is 10.2 Å². The number of halogens is 1. The fourth-order valence-corrected chi connectivity index (χ4v) is 2.72. The third-order valence-electron chi connectivity index (χ3n) is 3.69. The van der Waals surface area contributed by atoms with Gasteiger partial charge in [0.05, 0.1) is 11.1 Å². The Kier molecular flexibility index (Phi) is 5.70. The van der Waals surface area contributed by atoms with Crippen molar-refractivity contribution < 1.29 is 14.7 Å². The number of anilines is 4. The summed E-state index contributed by atoms with van der Waals surface area (Å²) in [5.74, 6) is -0.875. The fraction of sp³-hybridized carbons (Fsp3) is 0. The number of carboxylic acid groups (broad SMARTS) is 1. The highest BCUT2D eigenvalue weighted by Crippen LogP contribution is 2.25. The maximum absolute atomic E-state index is 12.3. The first-order chi connectivity index (χ1) is 13.5. The minimum Gasteiger partial charge on any atom is -0.478 e. The topological polar surface area (TPSA) is 142 Å². The second-order valence-corrected chi connectivity index (χ2v) is 6.41. The molecule has 10 heteroatoms. The lowest BCUT2D eigenvalue weighted by molar-refractivity contribution is 0.0696. The number of amides is 1. The second-order valence-electron chi connectivity index (χ2n) is 5.55. The lowest BCUT2D eigenvalue weighted by Crippen LogP contribution is -2.30. The molecule has 2 aromatic carbocycles. The van der Waals surface area contributed by atoms with Crippen molar-refractivity contribution in [1.82, 2.24) is 15.4 Å². The lowest BCUT2D eigenvalue weighted by Gasteiger charge is -2.13. The number of nitrogens with one attached hydrogen (secondary N) is 3. The van der Waals surface area contributed by atoms with Crippen molar-refractivity contribution in [3.8, 4) is 0 Å². The first kappa shape index (κ1) is 19.1. The van der Waals surface area contributed by atoms with Crippen LogP contribution >= 0.6 is 15.9 Å². The molecule has 142 valence electrons. The van der Waals surface area contributed by atoms with Crippen molar-refractivity contribution in [2.45, 2.75) is 0 Å². The van der Waals surface area contributed by atoms with Crippen molar-refractivity contribution in [3.05, 3.63) is 70.5 Å². The van der Waals surface area contributed by atoms with Gasteiger partial charge >= 0.3 is 5.97 Å². The van der Waals surface area contributed by atoms with Crippen LogP contribution in [-0.2, 0) is 0 Å². The van der Waals surface area contributed by atoms with Gasteiger partial charge in [-0.05, 0) is 52.3 Å². The van der Waals surface area contributed by atoms with Crippen molar-refractivity contribution in [3.63, 3.8) is 0 Å². The second kappa shape index (κ2) is 8.35. The van der Waals surface area contributed by atoms with Gasteiger partial charge in [-0.1, -0.05) is 12.1 Å². The Bertz CT molecular complexity index is 1030. The summed E-state index contributed by atoms with van der Waals surface area (Å²) in [4.78, 5) is 31.3. The zero-order valence-corrected chi connectivity index (χ0v) is 15.9. The van der Waals surface area contributed by atoms with E-state index in [4.69, 9.17) is 10.8 Å². The van der Waals surface area contributed by atoms with Gasteiger partial charge in [-0.15, -0.1) is 0 Å². The predicted octanol–water partition coefficient (Wildman–Crippen LogP) is 3.02. The molecule has 1 amide bonds. The average Bonchev–Trinajstić information content (AvgIpc) is 2.69. The van der Waals surface area contributed by atoms with E-state index in [-0.39, 0.29) is 23.0 Å². The summed E-state index contributed by atoms with van der Waals surface area (Å²) in [6.45, 7) is 0. The van der Waals surface area contributed by atoms with Crippen LogP contribution in [0.5, 0.6) is 0 Å². The molecular formula is C18H15BrN6O3. The number of aromatic nitrogens is 2. The molecule has 0 aliphatic carbocycles. The molecule has 28 heavy (non-hydrogen) atoms. The third-order valence-corrected chi connectivity index (χ3v) is 4.38. The number of hydrazine groups is 1. The lowest BCUT2D eigenvalue weighted by atomic mass is 10.2. The van der Waals surface area contributed by atoms with Crippen molar-refractivity contribution in [2.24, 2.45) is 0 Å². The summed E-state index contributed by atoms with van der Waals surface area (Å²) in [7, 11) is 0. The maximum Gasteiger partial charge on any atom is 0.335 e. The summed E-state index contributed by atoms with van der Waals surface area (Å²) >= 11 is 3.31. The molecule has 0 bridgehead atoms. The van der Waals surface area contributed by atoms with Crippen LogP contribution in [0.3, 0.4) is 0 Å². The van der Waals surface area contributed by atoms with E-state index >= 15 is 0 Å². The predicted molar refractivity (Wildman–Crippen MR) is 108 cm³/mol. The quantitative estimate of drug-likeness (QED) is 0.366. The Morgan fingerprint density at radius 3 is 2.36 bits per heavy atom. The number of rotatable bonds is 6. The van der Waals surface area contributed by atoms with E-state index in [2.05, 4.69) is 42.1 Å². The van der Waals surface area contributed by atoms with Gasteiger partial charge in [0.25, 0.3) is 5.91 Å². The van der Waals surface area contributed by atoms with E-state index in [1.807, 2.05) is 0 Å². The van der Waals surface area contributed by atoms with E-state index < -0.39 is 5.97 Å². The van der Waals surface area contributed by atoms with Gasteiger partial charge in [-0.25, -0.2) is 14.8 Å². The van der Waals surface area contributed by atoms with Gasteiger partial charge in [-0.2, -0.15) is 0 Å². The SMILES string of the molecule is Nc1c(NNC(=O)c2ccccc2Br)ncnc1Nc1ccc(C(=O)O)cc1. The first-order valence-electron chi connectivity index (χ1n) is 7.97. The molecule has 3 aromatic rings. The minimum absolute atomic E-state index is 0.165. The van der Waals surface area contributed by atoms with E-state index in [0.29, 0.717) is 21.5 Å². The molecular weight excluding hydrogens is 428 g/mol. The summed E-state index contributed by atoms with van der Waals surface area (Å²) in [5, 5.41) is 11.9. The molecule has 6 N–H and O–H groups in total. The smallest absolute Gasteiger partial charge is 0.335 e. The molecule has 0 saturated heterocycles. The summed E-state index contributed by atoms with van der Waals surface area (Å²) in [5.41, 5.74) is 12.6. The normalized spacial score (nSPS) is 10.2. The molecule has 3 rings (SSSR count). The van der Waals surface area contributed by atoms with E-state index in [1.165, 1.54) is 18.5 Å². The summed E-state index contributed by atoms with van der Waals surface area (Å²) in [6.07, 6.45) is 1.28. The van der Waals surface area contributed by atoms with Crippen LogP contribution in [-0.4, -0.2) is 27.0 Å². The van der Waals surface area contributed by atoms with Crippen molar-refractivity contribution in [2.75, 3.05) is 16.5 Å². The van der Waals surface area contributed by atoms with Crippen LogP contribution in [0.2, 0.25) is 0 Å². The number of nitrogen functional groups attached to an aromatic ring is 1. The molecule has 0 saturated carbocycles. The molecule has 0 aliphatic rings. The minimum atomic E-state index is -1.01. The van der Waals surface area contributed by atoms with Gasteiger partial charge < -0.3 is 16.2 Å². The largest absolute Gasteiger partial charge is 0.478 e. The van der Waals surface area contributed by atoms with Crippen molar-refractivity contribution >= 4 is 50.8 Å². The number of carbonyl (C=O) groups excluding carboxylic acids is 1. The number of carboxylic acids is 1. The highest BCUT2D eigenvalue weighted by Gasteiger charge is 2.12. The van der Waals surface area contributed by atoms with Crippen LogP contribution in [0.1, 0.15) is 20.7 Å². The van der Waals surface area contributed by atoms with E-state index in [0.717, 1.165) is 0 Å². The van der Waals surface area contributed by atoms with Gasteiger partial charge in [0.1, 0.15) is 12.0 Å². The van der Waals surface area contributed by atoms with Gasteiger partial charge in [0.2, 0.25) is 0 Å². The van der Waals surface area contributed by atoms with Crippen LogP contribution in [0.4, 0.5) is 23.0 Å². The Labute approximate surface area is 168 Å². The molecule has 0 spiro atoms.